The molecule has 0 aliphatic carbocycles. The van der Waals surface area contributed by atoms with Crippen molar-refractivity contribution in [3.8, 4) is 0 Å². The van der Waals surface area contributed by atoms with E-state index in [4.69, 9.17) is 21.8 Å². The summed E-state index contributed by atoms with van der Waals surface area (Å²) in [6.45, 7) is 1.69. The quantitative estimate of drug-likeness (QED) is 0.825. The monoisotopic (exact) mass is 237 g/mol. The van der Waals surface area contributed by atoms with Crippen LogP contribution in [0.4, 0.5) is 6.01 Å². The van der Waals surface area contributed by atoms with E-state index in [1.807, 2.05) is 12.1 Å². The highest BCUT2D eigenvalue weighted by molar-refractivity contribution is 6.34. The number of fused-ring (bicyclic) bond motifs is 1. The number of hydrogen-bond acceptors (Lipinski definition) is 4. The fourth-order valence-corrected chi connectivity index (χ4v) is 2.21. The Labute approximate surface area is 98.0 Å². The van der Waals surface area contributed by atoms with E-state index in [-0.39, 0.29) is 6.04 Å². The Kier molecular flexibility index (Phi) is 2.26. The minimum atomic E-state index is 0.213. The van der Waals surface area contributed by atoms with Crippen LogP contribution >= 0.6 is 11.6 Å². The number of aromatic nitrogens is 1. The maximum atomic E-state index is 6.03. The summed E-state index contributed by atoms with van der Waals surface area (Å²) in [5.74, 6) is 0. The average Bonchev–Trinajstić information content (AvgIpc) is 2.84. The van der Waals surface area contributed by atoms with Gasteiger partial charge in [-0.1, -0.05) is 17.7 Å². The molecule has 2 aromatic rings. The number of para-hydroxylation sites is 1. The van der Waals surface area contributed by atoms with E-state index in [2.05, 4.69) is 9.88 Å². The van der Waals surface area contributed by atoms with Gasteiger partial charge in [-0.05, 0) is 18.6 Å². The second-order valence-electron chi connectivity index (χ2n) is 4.08. The molecule has 1 atom stereocenters. The predicted octanol–water partition coefficient (Wildman–Crippen LogP) is 2.02. The molecule has 1 unspecified atom stereocenters. The van der Waals surface area contributed by atoms with Crippen LogP contribution < -0.4 is 10.6 Å². The van der Waals surface area contributed by atoms with E-state index in [0.717, 1.165) is 25.0 Å². The van der Waals surface area contributed by atoms with E-state index in [0.29, 0.717) is 16.6 Å². The van der Waals surface area contributed by atoms with E-state index in [9.17, 15) is 0 Å². The molecule has 5 heteroatoms. The molecule has 0 radical (unpaired) electrons. The van der Waals surface area contributed by atoms with Gasteiger partial charge in [-0.15, -0.1) is 0 Å². The summed E-state index contributed by atoms with van der Waals surface area (Å²) in [6, 6.07) is 6.40. The van der Waals surface area contributed by atoms with Gasteiger partial charge in [-0.2, -0.15) is 4.98 Å². The fourth-order valence-electron chi connectivity index (χ4n) is 2.00. The van der Waals surface area contributed by atoms with Crippen molar-refractivity contribution in [2.75, 3.05) is 18.0 Å². The maximum Gasteiger partial charge on any atom is 0.298 e. The second-order valence-corrected chi connectivity index (χ2v) is 4.49. The third kappa shape index (κ3) is 1.54. The number of anilines is 1. The van der Waals surface area contributed by atoms with Gasteiger partial charge in [0.2, 0.25) is 0 Å². The molecule has 16 heavy (non-hydrogen) atoms. The lowest BCUT2D eigenvalue weighted by Gasteiger charge is -2.11. The van der Waals surface area contributed by atoms with Crippen LogP contribution in [-0.4, -0.2) is 24.1 Å². The standard InChI is InChI=1S/C11H12ClN3O/c12-8-2-1-3-9-10(8)16-11(14-9)15-5-4-7(13)6-15/h1-3,7H,4-6,13H2. The lowest BCUT2D eigenvalue weighted by molar-refractivity contribution is 0.583. The molecule has 2 N–H and O–H groups in total. The van der Waals surface area contributed by atoms with E-state index in [1.165, 1.54) is 0 Å². The van der Waals surface area contributed by atoms with Crippen molar-refractivity contribution < 1.29 is 4.42 Å². The number of halogens is 1. The van der Waals surface area contributed by atoms with Gasteiger partial charge in [0.1, 0.15) is 5.52 Å². The Hall–Kier alpha value is -1.26. The molecule has 4 nitrogen and oxygen atoms in total. The number of hydrogen-bond donors (Lipinski definition) is 1. The third-order valence-corrected chi connectivity index (χ3v) is 3.15. The SMILES string of the molecule is NC1CCN(c2nc3cccc(Cl)c3o2)C1. The normalized spacial score (nSPS) is 20.9. The molecule has 2 heterocycles. The van der Waals surface area contributed by atoms with Crippen molar-refractivity contribution in [2.45, 2.75) is 12.5 Å². The van der Waals surface area contributed by atoms with Crippen LogP contribution in [0.3, 0.4) is 0 Å². The molecule has 0 amide bonds. The van der Waals surface area contributed by atoms with Gasteiger partial charge >= 0.3 is 0 Å². The zero-order valence-corrected chi connectivity index (χ0v) is 9.44. The Balaban J connectivity index is 2.02. The number of nitrogens with zero attached hydrogens (tertiary/aromatic N) is 2. The summed E-state index contributed by atoms with van der Waals surface area (Å²) in [5.41, 5.74) is 7.30. The average molecular weight is 238 g/mol. The van der Waals surface area contributed by atoms with Gasteiger partial charge in [0.15, 0.2) is 5.58 Å². The number of rotatable bonds is 1. The highest BCUT2D eigenvalue weighted by Gasteiger charge is 2.23. The third-order valence-electron chi connectivity index (χ3n) is 2.85. The first-order chi connectivity index (χ1) is 7.74. The van der Waals surface area contributed by atoms with E-state index < -0.39 is 0 Å². The Morgan fingerprint density at radius 1 is 1.50 bits per heavy atom. The number of nitrogens with two attached hydrogens (primary N) is 1. The molecule has 1 aromatic carbocycles. The highest BCUT2D eigenvalue weighted by Crippen LogP contribution is 2.29. The lowest BCUT2D eigenvalue weighted by atomic mass is 10.3. The Morgan fingerprint density at radius 2 is 2.38 bits per heavy atom. The molecule has 0 saturated carbocycles. The van der Waals surface area contributed by atoms with Crippen LogP contribution in [0.25, 0.3) is 11.1 Å². The van der Waals surface area contributed by atoms with E-state index in [1.54, 1.807) is 6.07 Å². The summed E-state index contributed by atoms with van der Waals surface area (Å²) >= 11 is 6.03. The van der Waals surface area contributed by atoms with Crippen LogP contribution in [0.15, 0.2) is 22.6 Å². The first-order valence-electron chi connectivity index (χ1n) is 5.29. The van der Waals surface area contributed by atoms with Gasteiger partial charge in [0.25, 0.3) is 6.01 Å². The Morgan fingerprint density at radius 3 is 3.06 bits per heavy atom. The van der Waals surface area contributed by atoms with Crippen LogP contribution in [0.1, 0.15) is 6.42 Å². The Bertz CT molecular complexity index is 525. The molecule has 1 saturated heterocycles. The van der Waals surface area contributed by atoms with Crippen molar-refractivity contribution in [3.05, 3.63) is 23.2 Å². The van der Waals surface area contributed by atoms with Crippen LogP contribution in [0, 0.1) is 0 Å². The lowest BCUT2D eigenvalue weighted by Crippen LogP contribution is -2.26. The first kappa shape index (κ1) is 9.93. The van der Waals surface area contributed by atoms with Crippen molar-refractivity contribution in [3.63, 3.8) is 0 Å². The molecule has 1 aliphatic heterocycles. The van der Waals surface area contributed by atoms with Crippen molar-refractivity contribution in [1.29, 1.82) is 0 Å². The largest absolute Gasteiger partial charge is 0.422 e. The van der Waals surface area contributed by atoms with Crippen molar-refractivity contribution in [2.24, 2.45) is 5.73 Å². The minimum Gasteiger partial charge on any atom is -0.422 e. The van der Waals surface area contributed by atoms with Gasteiger partial charge in [0, 0.05) is 19.1 Å². The molecule has 0 spiro atoms. The first-order valence-corrected chi connectivity index (χ1v) is 5.67. The van der Waals surface area contributed by atoms with Gasteiger partial charge in [-0.3, -0.25) is 0 Å². The summed E-state index contributed by atoms with van der Waals surface area (Å²) in [5, 5.41) is 0.597. The molecule has 1 fully saturated rings. The molecular formula is C11H12ClN3O. The van der Waals surface area contributed by atoms with E-state index >= 15 is 0 Å². The van der Waals surface area contributed by atoms with Crippen molar-refractivity contribution >= 4 is 28.7 Å². The van der Waals surface area contributed by atoms with Crippen LogP contribution in [-0.2, 0) is 0 Å². The molecule has 0 bridgehead atoms. The van der Waals surface area contributed by atoms with Gasteiger partial charge in [0.05, 0.1) is 5.02 Å². The topological polar surface area (TPSA) is 55.3 Å². The van der Waals surface area contributed by atoms with Crippen molar-refractivity contribution in [1.82, 2.24) is 4.98 Å². The summed E-state index contributed by atoms with van der Waals surface area (Å²) in [7, 11) is 0. The fraction of sp³-hybridized carbons (Fsp3) is 0.364. The molecule has 1 aromatic heterocycles. The number of oxazole rings is 1. The maximum absolute atomic E-state index is 6.03. The molecule has 1 aliphatic rings. The highest BCUT2D eigenvalue weighted by atomic mass is 35.5. The molecular weight excluding hydrogens is 226 g/mol. The summed E-state index contributed by atoms with van der Waals surface area (Å²) in [4.78, 5) is 6.47. The number of benzene rings is 1. The smallest absolute Gasteiger partial charge is 0.298 e. The summed E-state index contributed by atoms with van der Waals surface area (Å²) in [6.07, 6.45) is 0.979. The predicted molar refractivity (Wildman–Crippen MR) is 63.8 cm³/mol. The molecule has 84 valence electrons. The zero-order chi connectivity index (χ0) is 11.1. The molecule has 3 rings (SSSR count). The van der Waals surface area contributed by atoms with Crippen LogP contribution in [0.2, 0.25) is 5.02 Å². The van der Waals surface area contributed by atoms with Crippen LogP contribution in [0.5, 0.6) is 0 Å². The summed E-state index contributed by atoms with van der Waals surface area (Å²) < 4.78 is 5.66. The minimum absolute atomic E-state index is 0.213. The van der Waals surface area contributed by atoms with Gasteiger partial charge in [-0.25, -0.2) is 0 Å². The van der Waals surface area contributed by atoms with Gasteiger partial charge < -0.3 is 15.1 Å². The second kappa shape index (κ2) is 3.64. The zero-order valence-electron chi connectivity index (χ0n) is 8.69.